The lowest BCUT2D eigenvalue weighted by Crippen LogP contribution is -2.14. The number of carbonyl (C=O) groups excluding carboxylic acids is 1. The molecular formula is C23H15N3O8. The number of nitrogens with zero attached hydrogens (tertiary/aromatic N) is 2. The average Bonchev–Trinajstić information content (AvgIpc) is 2.83. The van der Waals surface area contributed by atoms with E-state index in [0.29, 0.717) is 16.5 Å². The molecule has 0 aliphatic carbocycles. The summed E-state index contributed by atoms with van der Waals surface area (Å²) in [5.74, 6) is -0.597. The fourth-order valence-electron chi connectivity index (χ4n) is 3.42. The third-order valence-electron chi connectivity index (χ3n) is 5.02. The minimum Gasteiger partial charge on any atom is -0.496 e. The summed E-state index contributed by atoms with van der Waals surface area (Å²) in [6.07, 6.45) is 0. The van der Waals surface area contributed by atoms with E-state index < -0.39 is 32.8 Å². The highest BCUT2D eigenvalue weighted by atomic mass is 16.6. The minimum atomic E-state index is -0.870. The topological polar surface area (TPSA) is 155 Å². The van der Waals surface area contributed by atoms with E-state index in [0.717, 1.165) is 18.2 Å². The second-order valence-electron chi connectivity index (χ2n) is 7.07. The molecule has 0 radical (unpaired) electrons. The maximum absolute atomic E-state index is 12.7. The molecule has 4 rings (SSSR count). The summed E-state index contributed by atoms with van der Waals surface area (Å²) in [5, 5.41) is 25.4. The van der Waals surface area contributed by atoms with Gasteiger partial charge in [-0.15, -0.1) is 0 Å². The maximum Gasteiger partial charge on any atom is 0.344 e. The highest BCUT2D eigenvalue weighted by Gasteiger charge is 2.24. The number of para-hydroxylation sites is 1. The Kier molecular flexibility index (Phi) is 5.75. The van der Waals surface area contributed by atoms with E-state index in [1.165, 1.54) is 19.2 Å². The van der Waals surface area contributed by atoms with Crippen LogP contribution in [0.4, 0.5) is 17.1 Å². The quantitative estimate of drug-likeness (QED) is 0.249. The van der Waals surface area contributed by atoms with E-state index in [1.807, 2.05) is 0 Å². The van der Waals surface area contributed by atoms with Crippen molar-refractivity contribution in [3.63, 3.8) is 0 Å². The number of hydrogen-bond donors (Lipinski definition) is 1. The molecule has 0 bridgehead atoms. The average molecular weight is 461 g/mol. The Morgan fingerprint density at radius 1 is 0.941 bits per heavy atom. The van der Waals surface area contributed by atoms with Crippen LogP contribution in [0.15, 0.2) is 75.9 Å². The van der Waals surface area contributed by atoms with Crippen LogP contribution in [-0.2, 0) is 0 Å². The largest absolute Gasteiger partial charge is 0.496 e. The number of benzene rings is 3. The minimum absolute atomic E-state index is 0.225. The van der Waals surface area contributed by atoms with Crippen molar-refractivity contribution in [2.45, 2.75) is 0 Å². The molecule has 1 aromatic heterocycles. The van der Waals surface area contributed by atoms with Crippen LogP contribution in [0, 0.1) is 20.2 Å². The SMILES string of the molecule is COc1cc(NC(=O)c2ccc([N+](=O)[O-])cc2[N+](=O)[O-])ccc1-c1cc2ccccc2oc1=O. The molecule has 0 unspecified atom stereocenters. The molecule has 1 amide bonds. The van der Waals surface area contributed by atoms with Gasteiger partial charge in [0.05, 0.1) is 28.6 Å². The van der Waals surface area contributed by atoms with E-state index >= 15 is 0 Å². The van der Waals surface area contributed by atoms with Gasteiger partial charge in [-0.2, -0.15) is 0 Å². The molecule has 0 fully saturated rings. The number of anilines is 1. The van der Waals surface area contributed by atoms with Gasteiger partial charge < -0.3 is 14.5 Å². The van der Waals surface area contributed by atoms with Gasteiger partial charge in [-0.1, -0.05) is 18.2 Å². The van der Waals surface area contributed by atoms with Gasteiger partial charge in [0.2, 0.25) is 0 Å². The summed E-state index contributed by atoms with van der Waals surface area (Å²) in [4.78, 5) is 45.8. The van der Waals surface area contributed by atoms with Gasteiger partial charge in [-0.05, 0) is 30.3 Å². The Labute approximate surface area is 190 Å². The number of ether oxygens (including phenoxy) is 1. The van der Waals surface area contributed by atoms with Gasteiger partial charge in [-0.3, -0.25) is 25.0 Å². The number of nitrogens with one attached hydrogen (secondary N) is 1. The van der Waals surface area contributed by atoms with Crippen LogP contribution in [-0.4, -0.2) is 22.9 Å². The monoisotopic (exact) mass is 461 g/mol. The predicted octanol–water partition coefficient (Wildman–Crippen LogP) is 4.54. The summed E-state index contributed by atoms with van der Waals surface area (Å²) in [6, 6.07) is 15.9. The molecule has 0 saturated heterocycles. The molecule has 11 heteroatoms. The summed E-state index contributed by atoms with van der Waals surface area (Å²) in [7, 11) is 1.38. The number of nitro groups is 2. The van der Waals surface area contributed by atoms with Gasteiger partial charge in [-0.25, -0.2) is 4.79 Å². The number of hydrogen-bond acceptors (Lipinski definition) is 8. The van der Waals surface area contributed by atoms with Gasteiger partial charge in [0.1, 0.15) is 16.9 Å². The zero-order valence-corrected chi connectivity index (χ0v) is 17.5. The lowest BCUT2D eigenvalue weighted by molar-refractivity contribution is -0.394. The Morgan fingerprint density at radius 3 is 2.41 bits per heavy atom. The van der Waals surface area contributed by atoms with Gasteiger partial charge in [0.15, 0.2) is 0 Å². The van der Waals surface area contributed by atoms with Crippen molar-refractivity contribution < 1.29 is 23.8 Å². The van der Waals surface area contributed by atoms with Gasteiger partial charge in [0.25, 0.3) is 17.3 Å². The Morgan fingerprint density at radius 2 is 1.71 bits per heavy atom. The summed E-state index contributed by atoms with van der Waals surface area (Å²) < 4.78 is 10.8. The molecule has 1 heterocycles. The van der Waals surface area contributed by atoms with Crippen LogP contribution >= 0.6 is 0 Å². The fraction of sp³-hybridized carbons (Fsp3) is 0.0435. The van der Waals surface area contributed by atoms with Crippen molar-refractivity contribution in [2.75, 3.05) is 12.4 Å². The first-order valence-corrected chi connectivity index (χ1v) is 9.74. The third-order valence-corrected chi connectivity index (χ3v) is 5.02. The number of carbonyl (C=O) groups is 1. The van der Waals surface area contributed by atoms with Crippen molar-refractivity contribution in [1.29, 1.82) is 0 Å². The van der Waals surface area contributed by atoms with E-state index in [9.17, 15) is 29.8 Å². The van der Waals surface area contributed by atoms with Gasteiger partial charge in [0, 0.05) is 28.8 Å². The molecule has 1 N–H and O–H groups in total. The van der Waals surface area contributed by atoms with Crippen LogP contribution in [0.5, 0.6) is 5.75 Å². The van der Waals surface area contributed by atoms with Crippen molar-refractivity contribution in [3.05, 3.63) is 103 Å². The Hall–Kier alpha value is -5.06. The molecule has 0 aliphatic rings. The normalized spacial score (nSPS) is 10.6. The second-order valence-corrected chi connectivity index (χ2v) is 7.07. The second kappa shape index (κ2) is 8.82. The fourth-order valence-corrected chi connectivity index (χ4v) is 3.42. The lowest BCUT2D eigenvalue weighted by atomic mass is 10.0. The van der Waals surface area contributed by atoms with E-state index in [-0.39, 0.29) is 22.6 Å². The standard InChI is InChI=1S/C23H15N3O8/c1-33-21-11-14(24-22(27)17-9-7-15(25(29)30)12-19(17)26(31)32)6-8-16(21)18-10-13-4-2-3-5-20(13)34-23(18)28/h2-12H,1H3,(H,24,27). The number of non-ortho nitro benzene ring substituents is 1. The molecule has 170 valence electrons. The van der Waals surface area contributed by atoms with Crippen molar-refractivity contribution >= 4 is 33.9 Å². The van der Waals surface area contributed by atoms with Crippen LogP contribution in [0.2, 0.25) is 0 Å². The van der Waals surface area contributed by atoms with Crippen molar-refractivity contribution in [1.82, 2.24) is 0 Å². The van der Waals surface area contributed by atoms with Crippen LogP contribution in [0.25, 0.3) is 22.1 Å². The maximum atomic E-state index is 12.7. The van der Waals surface area contributed by atoms with E-state index in [1.54, 1.807) is 36.4 Å². The summed E-state index contributed by atoms with van der Waals surface area (Å²) in [5.41, 5.74) is -0.815. The number of amides is 1. The van der Waals surface area contributed by atoms with Crippen LogP contribution in [0.1, 0.15) is 10.4 Å². The zero-order chi connectivity index (χ0) is 24.4. The smallest absolute Gasteiger partial charge is 0.344 e. The summed E-state index contributed by atoms with van der Waals surface area (Å²) in [6.45, 7) is 0. The zero-order valence-electron chi connectivity index (χ0n) is 17.5. The van der Waals surface area contributed by atoms with Gasteiger partial charge >= 0.3 is 5.63 Å². The van der Waals surface area contributed by atoms with Crippen LogP contribution < -0.4 is 15.7 Å². The number of methoxy groups -OCH3 is 1. The number of fused-ring (bicyclic) bond motifs is 1. The van der Waals surface area contributed by atoms with Crippen LogP contribution in [0.3, 0.4) is 0 Å². The molecule has 3 aromatic carbocycles. The highest BCUT2D eigenvalue weighted by molar-refractivity contribution is 6.07. The molecule has 11 nitrogen and oxygen atoms in total. The Bertz CT molecular complexity index is 1530. The number of nitro benzene ring substituents is 2. The first-order chi connectivity index (χ1) is 16.3. The molecule has 0 spiro atoms. The molecule has 34 heavy (non-hydrogen) atoms. The van der Waals surface area contributed by atoms with Crippen molar-refractivity contribution in [3.8, 4) is 16.9 Å². The lowest BCUT2D eigenvalue weighted by Gasteiger charge is -2.12. The molecule has 0 saturated carbocycles. The first-order valence-electron chi connectivity index (χ1n) is 9.74. The third kappa shape index (κ3) is 4.17. The number of rotatable bonds is 6. The van der Waals surface area contributed by atoms with E-state index in [4.69, 9.17) is 9.15 Å². The molecular weight excluding hydrogens is 446 g/mol. The summed E-state index contributed by atoms with van der Waals surface area (Å²) >= 11 is 0. The van der Waals surface area contributed by atoms with Crippen molar-refractivity contribution in [2.24, 2.45) is 0 Å². The first kappa shape index (κ1) is 22.1. The molecule has 0 aliphatic heterocycles. The predicted molar refractivity (Wildman–Crippen MR) is 122 cm³/mol. The molecule has 0 atom stereocenters. The highest BCUT2D eigenvalue weighted by Crippen LogP contribution is 2.33. The Balaban J connectivity index is 1.69. The molecule has 4 aromatic rings. The van der Waals surface area contributed by atoms with E-state index in [2.05, 4.69) is 5.32 Å².